The summed E-state index contributed by atoms with van der Waals surface area (Å²) in [5.74, 6) is -1.16. The zero-order valence-corrected chi connectivity index (χ0v) is 22.0. The second kappa shape index (κ2) is 14.5. The summed E-state index contributed by atoms with van der Waals surface area (Å²) >= 11 is 0. The SMILES string of the molecule is CC(=O)OCC(C)(CO)C(=O)OCCOC(=O)c1ccc(OCc2ccccc2)c(OCc2ccccc2)c1. The minimum atomic E-state index is -1.42. The maximum Gasteiger partial charge on any atom is 0.338 e. The van der Waals surface area contributed by atoms with E-state index in [-0.39, 0.29) is 32.0 Å². The van der Waals surface area contributed by atoms with Crippen LogP contribution in [-0.2, 0) is 37.0 Å². The van der Waals surface area contributed by atoms with Crippen LogP contribution >= 0.6 is 0 Å². The lowest BCUT2D eigenvalue weighted by Crippen LogP contribution is -2.39. The van der Waals surface area contributed by atoms with Gasteiger partial charge in [0.05, 0.1) is 12.2 Å². The number of benzene rings is 3. The van der Waals surface area contributed by atoms with E-state index in [0.29, 0.717) is 18.1 Å². The quantitative estimate of drug-likeness (QED) is 0.185. The topological polar surface area (TPSA) is 118 Å². The standard InChI is InChI=1S/C30H32O9/c1-22(32)39-21-30(2,20-31)29(34)36-16-15-35-28(33)25-13-14-26(37-18-23-9-5-3-6-10-23)27(17-25)38-19-24-11-7-4-8-12-24/h3-14,17,31H,15-16,18-21H2,1-2H3. The van der Waals surface area contributed by atoms with Gasteiger partial charge >= 0.3 is 17.9 Å². The fourth-order valence-corrected chi connectivity index (χ4v) is 3.29. The van der Waals surface area contributed by atoms with Crippen molar-refractivity contribution in [1.82, 2.24) is 0 Å². The number of carbonyl (C=O) groups excluding carboxylic acids is 3. The first-order valence-corrected chi connectivity index (χ1v) is 12.4. The van der Waals surface area contributed by atoms with Crippen LogP contribution < -0.4 is 9.47 Å². The summed E-state index contributed by atoms with van der Waals surface area (Å²) in [4.78, 5) is 36.0. The predicted molar refractivity (Wildman–Crippen MR) is 141 cm³/mol. The Hall–Kier alpha value is -4.37. The molecule has 0 aliphatic heterocycles. The van der Waals surface area contributed by atoms with Crippen LogP contribution in [0.1, 0.15) is 35.3 Å². The van der Waals surface area contributed by atoms with Gasteiger partial charge in [0, 0.05) is 6.92 Å². The van der Waals surface area contributed by atoms with Crippen molar-refractivity contribution in [3.8, 4) is 11.5 Å². The lowest BCUT2D eigenvalue weighted by molar-refractivity contribution is -0.165. The number of hydrogen-bond donors (Lipinski definition) is 1. The minimum Gasteiger partial charge on any atom is -0.485 e. The molecule has 0 spiro atoms. The van der Waals surface area contributed by atoms with Crippen molar-refractivity contribution in [2.45, 2.75) is 27.1 Å². The Balaban J connectivity index is 1.60. The van der Waals surface area contributed by atoms with Crippen LogP contribution in [0.2, 0.25) is 0 Å². The van der Waals surface area contributed by atoms with Gasteiger partial charge in [0.1, 0.15) is 38.4 Å². The molecule has 9 nitrogen and oxygen atoms in total. The van der Waals surface area contributed by atoms with E-state index in [2.05, 4.69) is 0 Å². The monoisotopic (exact) mass is 536 g/mol. The summed E-state index contributed by atoms with van der Waals surface area (Å²) in [5, 5.41) is 9.53. The molecular formula is C30H32O9. The van der Waals surface area contributed by atoms with Gasteiger partial charge in [0.2, 0.25) is 0 Å². The first kappa shape index (κ1) is 29.2. The molecular weight excluding hydrogens is 504 g/mol. The van der Waals surface area contributed by atoms with E-state index < -0.39 is 29.9 Å². The fraction of sp³-hybridized carbons (Fsp3) is 0.300. The van der Waals surface area contributed by atoms with Crippen molar-refractivity contribution in [2.75, 3.05) is 26.4 Å². The third-order valence-electron chi connectivity index (χ3n) is 5.64. The van der Waals surface area contributed by atoms with E-state index >= 15 is 0 Å². The zero-order valence-electron chi connectivity index (χ0n) is 22.0. The van der Waals surface area contributed by atoms with Gasteiger partial charge in [0.25, 0.3) is 0 Å². The fourth-order valence-electron chi connectivity index (χ4n) is 3.29. The molecule has 1 unspecified atom stereocenters. The molecule has 206 valence electrons. The largest absolute Gasteiger partial charge is 0.485 e. The average Bonchev–Trinajstić information content (AvgIpc) is 2.96. The van der Waals surface area contributed by atoms with Crippen LogP contribution in [-0.4, -0.2) is 49.4 Å². The molecule has 0 aliphatic carbocycles. The van der Waals surface area contributed by atoms with Gasteiger partial charge in [-0.1, -0.05) is 60.7 Å². The second-order valence-electron chi connectivity index (χ2n) is 8.98. The summed E-state index contributed by atoms with van der Waals surface area (Å²) in [6, 6.07) is 24.0. The molecule has 0 saturated carbocycles. The maximum absolute atomic E-state index is 12.7. The highest BCUT2D eigenvalue weighted by molar-refractivity contribution is 5.90. The van der Waals surface area contributed by atoms with E-state index in [1.165, 1.54) is 13.8 Å². The molecule has 3 rings (SSSR count). The molecule has 9 heteroatoms. The molecule has 0 saturated heterocycles. The number of aliphatic hydroxyl groups is 1. The van der Waals surface area contributed by atoms with Crippen molar-refractivity contribution >= 4 is 17.9 Å². The van der Waals surface area contributed by atoms with E-state index in [0.717, 1.165) is 11.1 Å². The predicted octanol–water partition coefficient (Wildman–Crippen LogP) is 4.11. The summed E-state index contributed by atoms with van der Waals surface area (Å²) in [5.41, 5.74) is 0.738. The third-order valence-corrected chi connectivity index (χ3v) is 5.64. The number of ether oxygens (including phenoxy) is 5. The Kier molecular flexibility index (Phi) is 10.9. The van der Waals surface area contributed by atoms with Crippen LogP contribution in [0, 0.1) is 5.41 Å². The normalized spacial score (nSPS) is 12.1. The maximum atomic E-state index is 12.7. The van der Waals surface area contributed by atoms with E-state index in [9.17, 15) is 19.5 Å². The summed E-state index contributed by atoms with van der Waals surface area (Å²) < 4.78 is 27.1. The summed E-state index contributed by atoms with van der Waals surface area (Å²) in [6.45, 7) is 1.83. The molecule has 0 amide bonds. The van der Waals surface area contributed by atoms with Gasteiger partial charge in [-0.05, 0) is 36.2 Å². The lowest BCUT2D eigenvalue weighted by Gasteiger charge is -2.24. The molecule has 0 aliphatic rings. The van der Waals surface area contributed by atoms with Gasteiger partial charge in [-0.15, -0.1) is 0 Å². The molecule has 0 heterocycles. The van der Waals surface area contributed by atoms with Gasteiger partial charge < -0.3 is 28.8 Å². The Morgan fingerprint density at radius 2 is 1.31 bits per heavy atom. The number of carbonyl (C=O) groups is 3. The Morgan fingerprint density at radius 3 is 1.87 bits per heavy atom. The summed E-state index contributed by atoms with van der Waals surface area (Å²) in [6.07, 6.45) is 0. The number of aliphatic hydroxyl groups excluding tert-OH is 1. The van der Waals surface area contributed by atoms with Crippen molar-refractivity contribution < 1.29 is 43.2 Å². The van der Waals surface area contributed by atoms with Crippen molar-refractivity contribution in [2.24, 2.45) is 5.41 Å². The Bertz CT molecular complexity index is 1230. The van der Waals surface area contributed by atoms with Crippen LogP contribution in [0.3, 0.4) is 0 Å². The zero-order chi connectivity index (χ0) is 28.1. The minimum absolute atomic E-state index is 0.216. The van der Waals surface area contributed by atoms with Crippen molar-refractivity contribution in [1.29, 1.82) is 0 Å². The molecule has 3 aromatic carbocycles. The molecule has 3 aromatic rings. The van der Waals surface area contributed by atoms with Crippen LogP contribution in [0.5, 0.6) is 11.5 Å². The molecule has 1 atom stereocenters. The summed E-state index contributed by atoms with van der Waals surface area (Å²) in [7, 11) is 0. The van der Waals surface area contributed by atoms with Crippen LogP contribution in [0.25, 0.3) is 0 Å². The lowest BCUT2D eigenvalue weighted by atomic mass is 9.93. The average molecular weight is 537 g/mol. The van der Waals surface area contributed by atoms with Gasteiger partial charge in [0.15, 0.2) is 11.5 Å². The van der Waals surface area contributed by atoms with Gasteiger partial charge in [-0.3, -0.25) is 9.59 Å². The van der Waals surface area contributed by atoms with E-state index in [4.69, 9.17) is 23.7 Å². The highest BCUT2D eigenvalue weighted by Crippen LogP contribution is 2.30. The smallest absolute Gasteiger partial charge is 0.338 e. The van der Waals surface area contributed by atoms with Crippen LogP contribution in [0.4, 0.5) is 0 Å². The van der Waals surface area contributed by atoms with Crippen molar-refractivity contribution in [3.63, 3.8) is 0 Å². The number of hydrogen-bond acceptors (Lipinski definition) is 9. The Labute approximate surface area is 227 Å². The third kappa shape index (κ3) is 9.15. The number of esters is 3. The van der Waals surface area contributed by atoms with Crippen LogP contribution in [0.15, 0.2) is 78.9 Å². The second-order valence-corrected chi connectivity index (χ2v) is 8.98. The van der Waals surface area contributed by atoms with Gasteiger partial charge in [-0.2, -0.15) is 0 Å². The first-order valence-electron chi connectivity index (χ1n) is 12.4. The molecule has 0 fully saturated rings. The highest BCUT2D eigenvalue weighted by atomic mass is 16.6. The van der Waals surface area contributed by atoms with E-state index in [1.807, 2.05) is 60.7 Å². The van der Waals surface area contributed by atoms with Gasteiger partial charge in [-0.25, -0.2) is 4.79 Å². The first-order chi connectivity index (χ1) is 18.8. The highest BCUT2D eigenvalue weighted by Gasteiger charge is 2.36. The molecule has 0 radical (unpaired) electrons. The molecule has 39 heavy (non-hydrogen) atoms. The molecule has 0 aromatic heterocycles. The van der Waals surface area contributed by atoms with Crippen molar-refractivity contribution in [3.05, 3.63) is 95.6 Å². The molecule has 1 N–H and O–H groups in total. The number of rotatable bonds is 14. The van der Waals surface area contributed by atoms with E-state index in [1.54, 1.807) is 18.2 Å². The molecule has 0 bridgehead atoms. The Morgan fingerprint density at radius 1 is 0.744 bits per heavy atom.